The molecule has 3 N–H and O–H groups in total. The van der Waals surface area contributed by atoms with Crippen molar-refractivity contribution in [1.29, 1.82) is 0 Å². The highest BCUT2D eigenvalue weighted by Crippen LogP contribution is 2.33. The number of hydrogen-bond donors (Lipinski definition) is 2. The van der Waals surface area contributed by atoms with E-state index in [1.54, 1.807) is 0 Å². The van der Waals surface area contributed by atoms with Gasteiger partial charge >= 0.3 is 0 Å². The molecule has 1 aromatic carbocycles. The van der Waals surface area contributed by atoms with Crippen molar-refractivity contribution in [3.05, 3.63) is 35.0 Å². The lowest BCUT2D eigenvalue weighted by molar-refractivity contribution is 0.150. The minimum atomic E-state index is 0.467. The standard InChI is InChI=1S/C13H16ClN3O/c1-2-18-8-7-11-12(13(15)17-16-11)9-5-3-4-6-10(9)14/h3-6H,2,7-8H2,1H3,(H3,15,16,17). The first-order valence-corrected chi connectivity index (χ1v) is 6.27. The fourth-order valence-electron chi connectivity index (χ4n) is 1.86. The topological polar surface area (TPSA) is 63.9 Å². The van der Waals surface area contributed by atoms with Crippen LogP contribution in [0.15, 0.2) is 24.3 Å². The molecule has 0 unspecified atom stereocenters. The van der Waals surface area contributed by atoms with Crippen LogP contribution >= 0.6 is 11.6 Å². The van der Waals surface area contributed by atoms with Crippen molar-refractivity contribution >= 4 is 17.4 Å². The van der Waals surface area contributed by atoms with Gasteiger partial charge in [0, 0.05) is 34.9 Å². The molecule has 0 fully saturated rings. The lowest BCUT2D eigenvalue weighted by Crippen LogP contribution is -2.00. The van der Waals surface area contributed by atoms with Crippen molar-refractivity contribution in [3.8, 4) is 11.1 Å². The van der Waals surface area contributed by atoms with Crippen molar-refractivity contribution < 1.29 is 4.74 Å². The van der Waals surface area contributed by atoms with Gasteiger partial charge in [0.15, 0.2) is 5.82 Å². The Labute approximate surface area is 111 Å². The summed E-state index contributed by atoms with van der Waals surface area (Å²) in [6, 6.07) is 7.60. The van der Waals surface area contributed by atoms with Gasteiger partial charge in [0.25, 0.3) is 0 Å². The van der Waals surface area contributed by atoms with Crippen molar-refractivity contribution in [2.24, 2.45) is 0 Å². The van der Waals surface area contributed by atoms with Crippen molar-refractivity contribution in [3.63, 3.8) is 0 Å². The molecule has 18 heavy (non-hydrogen) atoms. The molecular weight excluding hydrogens is 250 g/mol. The van der Waals surface area contributed by atoms with Crippen LogP contribution in [0.1, 0.15) is 12.6 Å². The lowest BCUT2D eigenvalue weighted by atomic mass is 10.0. The van der Waals surface area contributed by atoms with Gasteiger partial charge in [-0.25, -0.2) is 0 Å². The Kier molecular flexibility index (Phi) is 4.23. The highest BCUT2D eigenvalue weighted by molar-refractivity contribution is 6.33. The molecule has 0 saturated carbocycles. The number of ether oxygens (including phenoxy) is 1. The molecule has 0 spiro atoms. The first-order valence-electron chi connectivity index (χ1n) is 5.89. The second-order valence-electron chi connectivity index (χ2n) is 3.89. The Morgan fingerprint density at radius 3 is 2.89 bits per heavy atom. The lowest BCUT2D eigenvalue weighted by Gasteiger charge is -2.06. The molecule has 96 valence electrons. The third-order valence-corrected chi connectivity index (χ3v) is 3.04. The molecule has 0 amide bonds. The van der Waals surface area contributed by atoms with E-state index in [2.05, 4.69) is 10.2 Å². The molecule has 2 rings (SSSR count). The number of rotatable bonds is 5. The van der Waals surface area contributed by atoms with Crippen molar-refractivity contribution in [1.82, 2.24) is 10.2 Å². The van der Waals surface area contributed by atoms with E-state index in [9.17, 15) is 0 Å². The van der Waals surface area contributed by atoms with E-state index in [0.29, 0.717) is 24.1 Å². The Balaban J connectivity index is 2.32. The second kappa shape index (κ2) is 5.89. The van der Waals surface area contributed by atoms with E-state index in [1.807, 2.05) is 31.2 Å². The summed E-state index contributed by atoms with van der Waals surface area (Å²) in [6.45, 7) is 3.30. The number of nitrogens with zero attached hydrogens (tertiary/aromatic N) is 1. The fourth-order valence-corrected chi connectivity index (χ4v) is 2.09. The van der Waals surface area contributed by atoms with E-state index in [4.69, 9.17) is 22.1 Å². The average molecular weight is 266 g/mol. The summed E-state index contributed by atoms with van der Waals surface area (Å²) in [6.07, 6.45) is 0.735. The molecule has 2 aromatic rings. The third kappa shape index (κ3) is 2.66. The zero-order valence-electron chi connectivity index (χ0n) is 10.2. The Hall–Kier alpha value is -1.52. The third-order valence-electron chi connectivity index (χ3n) is 2.71. The molecule has 4 nitrogen and oxygen atoms in total. The van der Waals surface area contributed by atoms with Crippen LogP contribution in [0.2, 0.25) is 5.02 Å². The highest BCUT2D eigenvalue weighted by Gasteiger charge is 2.15. The van der Waals surface area contributed by atoms with E-state index >= 15 is 0 Å². The van der Waals surface area contributed by atoms with Crippen molar-refractivity contribution in [2.45, 2.75) is 13.3 Å². The van der Waals surface area contributed by atoms with Gasteiger partial charge in [0.1, 0.15) is 0 Å². The van der Waals surface area contributed by atoms with E-state index < -0.39 is 0 Å². The molecule has 0 aliphatic rings. The molecule has 0 radical (unpaired) electrons. The molecule has 0 atom stereocenters. The first-order chi connectivity index (χ1) is 8.74. The van der Waals surface area contributed by atoms with Gasteiger partial charge < -0.3 is 10.5 Å². The van der Waals surface area contributed by atoms with Crippen LogP contribution in [0.5, 0.6) is 0 Å². The number of nitrogens with one attached hydrogen (secondary N) is 1. The number of anilines is 1. The number of benzene rings is 1. The molecular formula is C13H16ClN3O. The second-order valence-corrected chi connectivity index (χ2v) is 4.30. The predicted molar refractivity (Wildman–Crippen MR) is 73.6 cm³/mol. The summed E-state index contributed by atoms with van der Waals surface area (Å²) in [5.74, 6) is 0.467. The number of hydrogen-bond acceptors (Lipinski definition) is 3. The summed E-state index contributed by atoms with van der Waals surface area (Å²) in [7, 11) is 0. The van der Waals surface area contributed by atoms with E-state index in [1.165, 1.54) is 0 Å². The van der Waals surface area contributed by atoms with Gasteiger partial charge in [0.2, 0.25) is 0 Å². The summed E-state index contributed by atoms with van der Waals surface area (Å²) in [4.78, 5) is 0. The highest BCUT2D eigenvalue weighted by atomic mass is 35.5. The van der Waals surface area contributed by atoms with Crippen LogP contribution in [-0.4, -0.2) is 23.4 Å². The van der Waals surface area contributed by atoms with Crippen LogP contribution in [0.4, 0.5) is 5.82 Å². The predicted octanol–water partition coefficient (Wildman–Crippen LogP) is 2.89. The number of nitrogens with two attached hydrogens (primary N) is 1. The molecule has 5 heteroatoms. The van der Waals surface area contributed by atoms with Gasteiger partial charge in [-0.05, 0) is 13.0 Å². The molecule has 0 bridgehead atoms. The van der Waals surface area contributed by atoms with Gasteiger partial charge in [-0.15, -0.1) is 0 Å². The molecule has 0 aliphatic carbocycles. The van der Waals surface area contributed by atoms with Crippen LogP contribution in [-0.2, 0) is 11.2 Å². The number of nitrogen functional groups attached to an aromatic ring is 1. The number of halogens is 1. The van der Waals surface area contributed by atoms with Crippen LogP contribution < -0.4 is 5.73 Å². The smallest absolute Gasteiger partial charge is 0.153 e. The molecule has 0 saturated heterocycles. The summed E-state index contributed by atoms with van der Waals surface area (Å²) < 4.78 is 5.35. The monoisotopic (exact) mass is 265 g/mol. The summed E-state index contributed by atoms with van der Waals surface area (Å²) in [5.41, 5.74) is 8.63. The largest absolute Gasteiger partial charge is 0.382 e. The molecule has 1 heterocycles. The maximum absolute atomic E-state index is 6.19. The number of aromatic nitrogens is 2. The molecule has 1 aromatic heterocycles. The maximum atomic E-state index is 6.19. The average Bonchev–Trinajstić information content (AvgIpc) is 2.72. The maximum Gasteiger partial charge on any atom is 0.153 e. The minimum Gasteiger partial charge on any atom is -0.382 e. The Morgan fingerprint density at radius 1 is 1.39 bits per heavy atom. The Bertz CT molecular complexity index is 525. The SMILES string of the molecule is CCOCCc1[nH]nc(N)c1-c1ccccc1Cl. The van der Waals surface area contributed by atoms with Gasteiger partial charge in [-0.2, -0.15) is 5.10 Å². The zero-order chi connectivity index (χ0) is 13.0. The van der Waals surface area contributed by atoms with Gasteiger partial charge in [0.05, 0.1) is 6.61 Å². The number of H-pyrrole nitrogens is 1. The molecule has 0 aliphatic heterocycles. The van der Waals surface area contributed by atoms with E-state index in [0.717, 1.165) is 23.2 Å². The quantitative estimate of drug-likeness (QED) is 0.817. The first kappa shape index (κ1) is 12.9. The minimum absolute atomic E-state index is 0.467. The summed E-state index contributed by atoms with van der Waals surface area (Å²) in [5, 5.41) is 7.67. The van der Waals surface area contributed by atoms with E-state index in [-0.39, 0.29) is 0 Å². The number of aromatic amines is 1. The fraction of sp³-hybridized carbons (Fsp3) is 0.308. The van der Waals surface area contributed by atoms with Crippen LogP contribution in [0.25, 0.3) is 11.1 Å². The van der Waals surface area contributed by atoms with Crippen molar-refractivity contribution in [2.75, 3.05) is 18.9 Å². The van der Waals surface area contributed by atoms with Crippen LogP contribution in [0.3, 0.4) is 0 Å². The van der Waals surface area contributed by atoms with Gasteiger partial charge in [-0.1, -0.05) is 29.8 Å². The zero-order valence-corrected chi connectivity index (χ0v) is 11.0. The van der Waals surface area contributed by atoms with Crippen LogP contribution in [0, 0.1) is 0 Å². The van der Waals surface area contributed by atoms with Gasteiger partial charge in [-0.3, -0.25) is 5.10 Å². The Morgan fingerprint density at radius 2 is 2.17 bits per heavy atom. The normalized spacial score (nSPS) is 10.8. The summed E-state index contributed by atoms with van der Waals surface area (Å²) >= 11 is 6.19.